The lowest BCUT2D eigenvalue weighted by Crippen LogP contribution is -2.32. The molecular weight excluding hydrogens is 396 g/mol. The zero-order valence-corrected chi connectivity index (χ0v) is 14.8. The van der Waals surface area contributed by atoms with E-state index in [-0.39, 0.29) is 5.91 Å². The molecule has 5 heteroatoms. The number of rotatable bonds is 4. The highest BCUT2D eigenvalue weighted by atomic mass is 79.9. The van der Waals surface area contributed by atoms with Gasteiger partial charge in [0.2, 0.25) is 0 Å². The summed E-state index contributed by atoms with van der Waals surface area (Å²) >= 11 is 6.83. The Morgan fingerprint density at radius 1 is 1.14 bits per heavy atom. The van der Waals surface area contributed by atoms with Crippen molar-refractivity contribution in [3.8, 4) is 0 Å². The molecule has 0 fully saturated rings. The van der Waals surface area contributed by atoms with Crippen molar-refractivity contribution >= 4 is 49.1 Å². The molecule has 2 rings (SSSR count). The van der Waals surface area contributed by atoms with Crippen molar-refractivity contribution in [2.24, 2.45) is 0 Å². The Morgan fingerprint density at radius 3 is 2.33 bits per heavy atom. The maximum absolute atomic E-state index is 12.8. The predicted molar refractivity (Wildman–Crippen MR) is 94.7 cm³/mol. The van der Waals surface area contributed by atoms with E-state index in [1.165, 1.54) is 0 Å². The van der Waals surface area contributed by atoms with Gasteiger partial charge in [-0.2, -0.15) is 0 Å². The molecule has 2 aromatic carbocycles. The molecule has 0 spiro atoms. The quantitative estimate of drug-likeness (QED) is 0.730. The monoisotopic (exact) mass is 410 g/mol. The van der Waals surface area contributed by atoms with Gasteiger partial charge in [0, 0.05) is 21.1 Å². The van der Waals surface area contributed by atoms with Crippen molar-refractivity contribution in [1.29, 1.82) is 0 Å². The molecule has 2 N–H and O–H groups in total. The van der Waals surface area contributed by atoms with E-state index in [9.17, 15) is 4.79 Å². The highest BCUT2D eigenvalue weighted by molar-refractivity contribution is 9.11. The van der Waals surface area contributed by atoms with Crippen molar-refractivity contribution in [3.63, 3.8) is 0 Å². The van der Waals surface area contributed by atoms with Crippen LogP contribution in [-0.2, 0) is 0 Å². The molecule has 0 unspecified atom stereocenters. The van der Waals surface area contributed by atoms with Gasteiger partial charge in [-0.25, -0.2) is 0 Å². The van der Waals surface area contributed by atoms with Gasteiger partial charge in [0.15, 0.2) is 0 Å². The van der Waals surface area contributed by atoms with Crippen LogP contribution in [0.2, 0.25) is 0 Å². The van der Waals surface area contributed by atoms with Gasteiger partial charge < -0.3 is 10.6 Å². The molecule has 110 valence electrons. The molecule has 3 nitrogen and oxygen atoms in total. The summed E-state index contributed by atoms with van der Waals surface area (Å²) in [6.07, 6.45) is 0.856. The predicted octanol–water partition coefficient (Wildman–Crippen LogP) is 4.85. The highest BCUT2D eigenvalue weighted by Gasteiger charge is 2.19. The molecule has 0 radical (unpaired) electrons. The van der Waals surface area contributed by atoms with E-state index in [1.807, 2.05) is 49.4 Å². The van der Waals surface area contributed by atoms with Crippen molar-refractivity contribution < 1.29 is 4.79 Å². The highest BCUT2D eigenvalue weighted by Crippen LogP contribution is 2.27. The molecule has 0 aliphatic carbocycles. The number of anilines is 2. The summed E-state index contributed by atoms with van der Waals surface area (Å²) < 4.78 is 1.72. The number of carbonyl (C=O) groups excluding carboxylic acids is 1. The molecule has 0 aliphatic rings. The summed E-state index contributed by atoms with van der Waals surface area (Å²) in [6.45, 7) is 2.66. The lowest BCUT2D eigenvalue weighted by atomic mass is 10.1. The number of nitrogens with zero attached hydrogens (tertiary/aromatic N) is 1. The molecule has 0 atom stereocenters. The Kier molecular flexibility index (Phi) is 5.42. The molecule has 1 amide bonds. The fraction of sp³-hybridized carbons (Fsp3) is 0.188. The molecule has 0 saturated heterocycles. The largest absolute Gasteiger partial charge is 0.397 e. The van der Waals surface area contributed by atoms with Crippen LogP contribution in [0.4, 0.5) is 11.4 Å². The average molecular weight is 412 g/mol. The zero-order chi connectivity index (χ0) is 15.4. The van der Waals surface area contributed by atoms with Gasteiger partial charge in [-0.05, 0) is 36.8 Å². The smallest absolute Gasteiger partial charge is 0.258 e. The SMILES string of the molecule is CCCN(C(=O)c1cc(Br)cc(Br)c1)c1ccccc1N. The van der Waals surface area contributed by atoms with Gasteiger partial charge in [0.1, 0.15) is 0 Å². The second-order valence-corrected chi connectivity index (χ2v) is 6.51. The normalized spacial score (nSPS) is 10.4. The molecule has 0 heterocycles. The number of para-hydroxylation sites is 2. The molecule has 0 aliphatic heterocycles. The van der Waals surface area contributed by atoms with Crippen LogP contribution in [0.3, 0.4) is 0 Å². The number of amides is 1. The summed E-state index contributed by atoms with van der Waals surface area (Å²) in [5.41, 5.74) is 7.99. The third kappa shape index (κ3) is 3.86. The number of nitrogens with two attached hydrogens (primary N) is 1. The molecule has 0 saturated carbocycles. The Balaban J connectivity index is 2.42. The van der Waals surface area contributed by atoms with E-state index >= 15 is 0 Å². The molecular formula is C16H16Br2N2O. The topological polar surface area (TPSA) is 46.3 Å². The van der Waals surface area contributed by atoms with Crippen LogP contribution in [0.25, 0.3) is 0 Å². The summed E-state index contributed by atoms with van der Waals surface area (Å²) in [7, 11) is 0. The second kappa shape index (κ2) is 7.09. The minimum absolute atomic E-state index is 0.0586. The zero-order valence-electron chi connectivity index (χ0n) is 11.6. The molecule has 0 bridgehead atoms. The van der Waals surface area contributed by atoms with Gasteiger partial charge in [0.25, 0.3) is 5.91 Å². The van der Waals surface area contributed by atoms with Crippen molar-refractivity contribution in [3.05, 3.63) is 57.0 Å². The number of hydrogen-bond donors (Lipinski definition) is 1. The first-order valence-electron chi connectivity index (χ1n) is 6.65. The van der Waals surface area contributed by atoms with E-state index in [4.69, 9.17) is 5.73 Å². The number of nitrogen functional groups attached to an aromatic ring is 1. The molecule has 21 heavy (non-hydrogen) atoms. The third-order valence-corrected chi connectivity index (χ3v) is 3.95. The van der Waals surface area contributed by atoms with Crippen LogP contribution >= 0.6 is 31.9 Å². The Bertz CT molecular complexity index is 638. The minimum Gasteiger partial charge on any atom is -0.397 e. The second-order valence-electron chi connectivity index (χ2n) is 4.67. The third-order valence-electron chi connectivity index (χ3n) is 3.03. The van der Waals surface area contributed by atoms with Crippen molar-refractivity contribution in [2.75, 3.05) is 17.2 Å². The standard InChI is InChI=1S/C16H16Br2N2O/c1-2-7-20(15-6-4-3-5-14(15)19)16(21)11-8-12(17)10-13(18)9-11/h3-6,8-10H,2,7,19H2,1H3. The number of carbonyl (C=O) groups is 1. The Labute approximate surface area is 141 Å². The Hall–Kier alpha value is -1.33. The van der Waals surface area contributed by atoms with Gasteiger partial charge in [-0.15, -0.1) is 0 Å². The van der Waals surface area contributed by atoms with E-state index in [1.54, 1.807) is 4.90 Å². The van der Waals surface area contributed by atoms with Crippen LogP contribution in [0, 0.1) is 0 Å². The fourth-order valence-corrected chi connectivity index (χ4v) is 3.42. The van der Waals surface area contributed by atoms with Crippen molar-refractivity contribution in [1.82, 2.24) is 0 Å². The number of hydrogen-bond acceptors (Lipinski definition) is 2. The lowest BCUT2D eigenvalue weighted by molar-refractivity contribution is 0.0987. The average Bonchev–Trinajstić information content (AvgIpc) is 2.44. The van der Waals surface area contributed by atoms with E-state index in [0.717, 1.165) is 21.1 Å². The maximum atomic E-state index is 12.8. The summed E-state index contributed by atoms with van der Waals surface area (Å²) in [5, 5.41) is 0. The van der Waals surface area contributed by atoms with Crippen LogP contribution in [0.5, 0.6) is 0 Å². The van der Waals surface area contributed by atoms with Crippen LogP contribution in [-0.4, -0.2) is 12.5 Å². The summed E-state index contributed by atoms with van der Waals surface area (Å²) in [5.74, 6) is -0.0586. The summed E-state index contributed by atoms with van der Waals surface area (Å²) in [6, 6.07) is 13.0. The first kappa shape index (κ1) is 16.0. The maximum Gasteiger partial charge on any atom is 0.258 e. The number of benzene rings is 2. The van der Waals surface area contributed by atoms with Gasteiger partial charge in [-0.3, -0.25) is 4.79 Å². The lowest BCUT2D eigenvalue weighted by Gasteiger charge is -2.24. The first-order chi connectivity index (χ1) is 10.0. The molecule has 2 aromatic rings. The van der Waals surface area contributed by atoms with Crippen LogP contribution in [0.1, 0.15) is 23.7 Å². The Morgan fingerprint density at radius 2 is 1.76 bits per heavy atom. The van der Waals surface area contributed by atoms with E-state index in [0.29, 0.717) is 17.8 Å². The number of halogens is 2. The van der Waals surface area contributed by atoms with Gasteiger partial charge in [0.05, 0.1) is 11.4 Å². The minimum atomic E-state index is -0.0586. The molecule has 0 aromatic heterocycles. The van der Waals surface area contributed by atoms with E-state index in [2.05, 4.69) is 31.9 Å². The van der Waals surface area contributed by atoms with Gasteiger partial charge in [-0.1, -0.05) is 50.9 Å². The van der Waals surface area contributed by atoms with E-state index < -0.39 is 0 Å². The van der Waals surface area contributed by atoms with Crippen LogP contribution < -0.4 is 10.6 Å². The first-order valence-corrected chi connectivity index (χ1v) is 8.24. The fourth-order valence-electron chi connectivity index (χ4n) is 2.12. The van der Waals surface area contributed by atoms with Crippen LogP contribution in [0.15, 0.2) is 51.4 Å². The van der Waals surface area contributed by atoms with Gasteiger partial charge >= 0.3 is 0 Å². The van der Waals surface area contributed by atoms with Crippen molar-refractivity contribution in [2.45, 2.75) is 13.3 Å². The summed E-state index contributed by atoms with van der Waals surface area (Å²) in [4.78, 5) is 14.5.